The Bertz CT molecular complexity index is 472. The van der Waals surface area contributed by atoms with E-state index in [2.05, 4.69) is 9.97 Å². The third-order valence-electron chi connectivity index (χ3n) is 2.58. The molecule has 5 heteroatoms. The molecule has 1 unspecified atom stereocenters. The van der Waals surface area contributed by atoms with Gasteiger partial charge in [-0.2, -0.15) is 0 Å². The Labute approximate surface area is 94.3 Å². The minimum atomic E-state index is -0.0546. The molecule has 0 spiro atoms. The van der Waals surface area contributed by atoms with E-state index in [1.807, 2.05) is 25.3 Å². The van der Waals surface area contributed by atoms with E-state index < -0.39 is 0 Å². The molecule has 2 N–H and O–H groups in total. The standard InChI is InChI=1S/C11H16N4O/c1-7-4-14-11(16-7)9(3)15-6-13-5-10(15)8(2)12/h4-6,8-9H,12H2,1-3H3/t8-,9?/m1/s1. The third-order valence-corrected chi connectivity index (χ3v) is 2.58. The van der Waals surface area contributed by atoms with Gasteiger partial charge in [-0.05, 0) is 20.8 Å². The molecule has 5 nitrogen and oxygen atoms in total. The highest BCUT2D eigenvalue weighted by Crippen LogP contribution is 2.21. The second-order valence-electron chi connectivity index (χ2n) is 4.00. The first-order valence-corrected chi connectivity index (χ1v) is 5.29. The van der Waals surface area contributed by atoms with Gasteiger partial charge in [0.2, 0.25) is 5.89 Å². The van der Waals surface area contributed by atoms with Gasteiger partial charge in [-0.1, -0.05) is 0 Å². The highest BCUT2D eigenvalue weighted by Gasteiger charge is 2.17. The van der Waals surface area contributed by atoms with Crippen LogP contribution in [0.2, 0.25) is 0 Å². The predicted octanol–water partition coefficient (Wildman–Crippen LogP) is 1.81. The number of imidazole rings is 1. The highest BCUT2D eigenvalue weighted by atomic mass is 16.4. The van der Waals surface area contributed by atoms with E-state index in [1.54, 1.807) is 18.7 Å². The molecule has 0 aromatic carbocycles. The zero-order valence-corrected chi connectivity index (χ0v) is 9.71. The van der Waals surface area contributed by atoms with E-state index in [4.69, 9.17) is 10.2 Å². The van der Waals surface area contributed by atoms with Gasteiger partial charge in [0.1, 0.15) is 11.8 Å². The number of hydrogen-bond donors (Lipinski definition) is 1. The Morgan fingerprint density at radius 1 is 1.38 bits per heavy atom. The Balaban J connectivity index is 2.33. The van der Waals surface area contributed by atoms with Gasteiger partial charge in [-0.15, -0.1) is 0 Å². The average Bonchev–Trinajstić information content (AvgIpc) is 2.84. The quantitative estimate of drug-likeness (QED) is 0.856. The van der Waals surface area contributed by atoms with Crippen molar-refractivity contribution in [3.63, 3.8) is 0 Å². The van der Waals surface area contributed by atoms with Crippen molar-refractivity contribution in [2.75, 3.05) is 0 Å². The van der Waals surface area contributed by atoms with Gasteiger partial charge in [0.05, 0.1) is 18.2 Å². The molecule has 0 aliphatic carbocycles. The van der Waals surface area contributed by atoms with Crippen LogP contribution in [0.15, 0.2) is 23.1 Å². The van der Waals surface area contributed by atoms with Gasteiger partial charge in [-0.25, -0.2) is 9.97 Å². The number of aromatic nitrogens is 3. The molecule has 2 rings (SSSR count). The summed E-state index contributed by atoms with van der Waals surface area (Å²) in [5, 5.41) is 0. The third kappa shape index (κ3) is 1.86. The van der Waals surface area contributed by atoms with E-state index >= 15 is 0 Å². The van der Waals surface area contributed by atoms with Crippen molar-refractivity contribution in [2.24, 2.45) is 5.73 Å². The summed E-state index contributed by atoms with van der Waals surface area (Å²) in [7, 11) is 0. The molecule has 0 aliphatic rings. The van der Waals surface area contributed by atoms with Gasteiger partial charge in [0, 0.05) is 12.2 Å². The predicted molar refractivity (Wildman–Crippen MR) is 59.9 cm³/mol. The van der Waals surface area contributed by atoms with E-state index in [-0.39, 0.29) is 12.1 Å². The molecule has 0 saturated heterocycles. The lowest BCUT2D eigenvalue weighted by atomic mass is 10.2. The zero-order chi connectivity index (χ0) is 11.7. The lowest BCUT2D eigenvalue weighted by Gasteiger charge is -2.15. The Morgan fingerprint density at radius 2 is 2.12 bits per heavy atom. The molecule has 0 fully saturated rings. The molecule has 2 atom stereocenters. The summed E-state index contributed by atoms with van der Waals surface area (Å²) in [6.07, 6.45) is 5.24. The number of hydrogen-bond acceptors (Lipinski definition) is 4. The molecule has 0 radical (unpaired) electrons. The van der Waals surface area contributed by atoms with Crippen LogP contribution in [-0.4, -0.2) is 14.5 Å². The summed E-state index contributed by atoms with van der Waals surface area (Å²) in [6.45, 7) is 5.82. The van der Waals surface area contributed by atoms with Crippen molar-refractivity contribution in [3.8, 4) is 0 Å². The molecule has 2 aromatic heterocycles. The number of nitrogens with zero attached hydrogens (tertiary/aromatic N) is 3. The van der Waals surface area contributed by atoms with Crippen molar-refractivity contribution >= 4 is 0 Å². The summed E-state index contributed by atoms with van der Waals surface area (Å²) in [5.41, 5.74) is 6.84. The van der Waals surface area contributed by atoms with Crippen LogP contribution in [0.3, 0.4) is 0 Å². The molecule has 2 aromatic rings. The smallest absolute Gasteiger partial charge is 0.217 e. The first kappa shape index (κ1) is 10.9. The second-order valence-corrected chi connectivity index (χ2v) is 4.00. The highest BCUT2D eigenvalue weighted by molar-refractivity contribution is 5.08. The Morgan fingerprint density at radius 3 is 2.69 bits per heavy atom. The van der Waals surface area contributed by atoms with Crippen molar-refractivity contribution in [2.45, 2.75) is 32.9 Å². The van der Waals surface area contributed by atoms with Crippen LogP contribution in [-0.2, 0) is 0 Å². The molecule has 0 aliphatic heterocycles. The van der Waals surface area contributed by atoms with E-state index in [0.717, 1.165) is 11.5 Å². The number of rotatable bonds is 3. The van der Waals surface area contributed by atoms with Crippen LogP contribution in [0.5, 0.6) is 0 Å². The van der Waals surface area contributed by atoms with Gasteiger partial charge in [0.25, 0.3) is 0 Å². The first-order valence-electron chi connectivity index (χ1n) is 5.29. The number of oxazole rings is 1. The second kappa shape index (κ2) is 4.09. The van der Waals surface area contributed by atoms with Gasteiger partial charge < -0.3 is 14.7 Å². The molecule has 16 heavy (non-hydrogen) atoms. The van der Waals surface area contributed by atoms with Crippen LogP contribution in [0.25, 0.3) is 0 Å². The van der Waals surface area contributed by atoms with Gasteiger partial charge in [0.15, 0.2) is 0 Å². The Kier molecular flexibility index (Phi) is 2.78. The summed E-state index contributed by atoms with van der Waals surface area (Å²) in [5.74, 6) is 1.49. The van der Waals surface area contributed by atoms with Crippen LogP contribution in [0.1, 0.15) is 43.3 Å². The summed E-state index contributed by atoms with van der Waals surface area (Å²) in [4.78, 5) is 8.33. The fourth-order valence-corrected chi connectivity index (χ4v) is 1.68. The topological polar surface area (TPSA) is 69.9 Å². The molecule has 0 amide bonds. The minimum Gasteiger partial charge on any atom is -0.444 e. The largest absolute Gasteiger partial charge is 0.444 e. The first-order chi connectivity index (χ1) is 7.59. The summed E-state index contributed by atoms with van der Waals surface area (Å²) in [6, 6.07) is -0.0433. The van der Waals surface area contributed by atoms with Gasteiger partial charge >= 0.3 is 0 Å². The van der Waals surface area contributed by atoms with Gasteiger partial charge in [-0.3, -0.25) is 0 Å². The Hall–Kier alpha value is -1.62. The molecule has 0 saturated carbocycles. The maximum absolute atomic E-state index is 5.87. The molecule has 0 bridgehead atoms. The lowest BCUT2D eigenvalue weighted by Crippen LogP contribution is -2.15. The van der Waals surface area contributed by atoms with E-state index in [9.17, 15) is 0 Å². The van der Waals surface area contributed by atoms with Crippen LogP contribution in [0.4, 0.5) is 0 Å². The van der Waals surface area contributed by atoms with Crippen LogP contribution in [0, 0.1) is 6.92 Å². The van der Waals surface area contributed by atoms with Crippen molar-refractivity contribution in [1.82, 2.24) is 14.5 Å². The van der Waals surface area contributed by atoms with Crippen LogP contribution >= 0.6 is 0 Å². The molecular weight excluding hydrogens is 204 g/mol. The molecule has 86 valence electrons. The monoisotopic (exact) mass is 220 g/mol. The normalized spacial score (nSPS) is 15.0. The van der Waals surface area contributed by atoms with E-state index in [1.165, 1.54) is 0 Å². The number of nitrogens with two attached hydrogens (primary N) is 1. The number of aryl methyl sites for hydroxylation is 1. The fourth-order valence-electron chi connectivity index (χ4n) is 1.68. The fraction of sp³-hybridized carbons (Fsp3) is 0.455. The molecule has 2 heterocycles. The summed E-state index contributed by atoms with van der Waals surface area (Å²) < 4.78 is 7.49. The van der Waals surface area contributed by atoms with Crippen molar-refractivity contribution in [1.29, 1.82) is 0 Å². The lowest BCUT2D eigenvalue weighted by molar-refractivity contribution is 0.407. The average molecular weight is 220 g/mol. The summed E-state index contributed by atoms with van der Waals surface area (Å²) >= 11 is 0. The van der Waals surface area contributed by atoms with Crippen molar-refractivity contribution in [3.05, 3.63) is 36.1 Å². The minimum absolute atomic E-state index is 0.0113. The molecular formula is C11H16N4O. The zero-order valence-electron chi connectivity index (χ0n) is 9.71. The SMILES string of the molecule is Cc1cnc(C(C)n2cncc2[C@@H](C)N)o1. The van der Waals surface area contributed by atoms with Crippen molar-refractivity contribution < 1.29 is 4.42 Å². The van der Waals surface area contributed by atoms with E-state index in [0.29, 0.717) is 5.89 Å². The van der Waals surface area contributed by atoms with Crippen LogP contribution < -0.4 is 5.73 Å². The maximum Gasteiger partial charge on any atom is 0.217 e. The maximum atomic E-state index is 5.87.